The Morgan fingerprint density at radius 3 is 2.35 bits per heavy atom. The largest absolute Gasteiger partial charge is 0.240 e. The summed E-state index contributed by atoms with van der Waals surface area (Å²) in [5.74, 6) is 0.176. The number of halogens is 1. The van der Waals surface area contributed by atoms with E-state index in [1.165, 1.54) is 30.3 Å². The van der Waals surface area contributed by atoms with E-state index >= 15 is 0 Å². The highest BCUT2D eigenvalue weighted by Gasteiger charge is 2.24. The molecule has 1 saturated carbocycles. The molecule has 0 radical (unpaired) electrons. The molecule has 3 rings (SSSR count). The first-order valence-electron chi connectivity index (χ1n) is 8.71. The number of hydrogen-bond acceptors (Lipinski definition) is 3. The first-order chi connectivity index (χ1) is 12.4. The van der Waals surface area contributed by atoms with Crippen LogP contribution < -0.4 is 4.72 Å². The molecule has 0 heterocycles. The number of nitrogens with one attached hydrogen (secondary N) is 1. The fraction of sp³-hybridized carbons (Fsp3) is 0.350. The highest BCUT2D eigenvalue weighted by Crippen LogP contribution is 2.27. The van der Waals surface area contributed by atoms with E-state index in [4.69, 9.17) is 5.26 Å². The van der Waals surface area contributed by atoms with E-state index in [0.717, 1.165) is 25.7 Å². The van der Waals surface area contributed by atoms with Crippen LogP contribution in [0.5, 0.6) is 0 Å². The molecule has 136 valence electrons. The zero-order valence-corrected chi connectivity index (χ0v) is 15.4. The van der Waals surface area contributed by atoms with Gasteiger partial charge < -0.3 is 0 Å². The monoisotopic (exact) mass is 372 g/mol. The van der Waals surface area contributed by atoms with Crippen molar-refractivity contribution >= 4 is 10.0 Å². The molecule has 0 saturated heterocycles. The molecule has 1 aliphatic carbocycles. The lowest BCUT2D eigenvalue weighted by Gasteiger charge is -2.26. The maximum Gasteiger partial charge on any atom is 0.240 e. The third-order valence-electron chi connectivity index (χ3n) is 4.92. The summed E-state index contributed by atoms with van der Waals surface area (Å²) in [4.78, 5) is 0.195. The second-order valence-corrected chi connectivity index (χ2v) is 8.62. The summed E-state index contributed by atoms with van der Waals surface area (Å²) < 4.78 is 41.2. The van der Waals surface area contributed by atoms with Gasteiger partial charge in [-0.3, -0.25) is 0 Å². The normalized spacial score (nSPS) is 20.5. The van der Waals surface area contributed by atoms with Crippen LogP contribution in [0.25, 0.3) is 11.1 Å². The SMILES string of the molecule is CC1CCC(NS(=O)(=O)c2ccc(-c3ccc(F)cc3C#N)cc2)CC1. The highest BCUT2D eigenvalue weighted by atomic mass is 32.2. The molecule has 0 unspecified atom stereocenters. The number of nitrogens with zero attached hydrogens (tertiary/aromatic N) is 1. The molecule has 0 spiro atoms. The Kier molecular flexibility index (Phi) is 5.40. The molecule has 1 aliphatic rings. The summed E-state index contributed by atoms with van der Waals surface area (Å²) in [5.41, 5.74) is 1.47. The van der Waals surface area contributed by atoms with Crippen LogP contribution in [0.3, 0.4) is 0 Å². The van der Waals surface area contributed by atoms with Gasteiger partial charge >= 0.3 is 0 Å². The number of nitriles is 1. The maximum absolute atomic E-state index is 13.3. The minimum Gasteiger partial charge on any atom is -0.208 e. The van der Waals surface area contributed by atoms with E-state index in [0.29, 0.717) is 17.0 Å². The second-order valence-electron chi connectivity index (χ2n) is 6.90. The minimum atomic E-state index is -3.57. The average molecular weight is 372 g/mol. The number of hydrogen-bond donors (Lipinski definition) is 1. The molecule has 0 aromatic heterocycles. The fourth-order valence-corrected chi connectivity index (χ4v) is 4.64. The topological polar surface area (TPSA) is 70.0 Å². The van der Waals surface area contributed by atoms with Gasteiger partial charge in [0.2, 0.25) is 10.0 Å². The van der Waals surface area contributed by atoms with Crippen molar-refractivity contribution < 1.29 is 12.8 Å². The van der Waals surface area contributed by atoms with Crippen LogP contribution in [0.4, 0.5) is 4.39 Å². The lowest BCUT2D eigenvalue weighted by molar-refractivity contribution is 0.332. The zero-order chi connectivity index (χ0) is 18.7. The molecule has 1 fully saturated rings. The van der Waals surface area contributed by atoms with Crippen LogP contribution in [0.15, 0.2) is 47.4 Å². The van der Waals surface area contributed by atoms with Crippen molar-refractivity contribution in [2.75, 3.05) is 0 Å². The van der Waals surface area contributed by atoms with Crippen LogP contribution in [-0.2, 0) is 10.0 Å². The first-order valence-corrected chi connectivity index (χ1v) is 10.2. The van der Waals surface area contributed by atoms with Gasteiger partial charge in [0.25, 0.3) is 0 Å². The lowest BCUT2D eigenvalue weighted by atomic mass is 9.88. The van der Waals surface area contributed by atoms with Gasteiger partial charge in [0.1, 0.15) is 5.82 Å². The van der Waals surface area contributed by atoms with Gasteiger partial charge in [-0.05, 0) is 67.0 Å². The van der Waals surface area contributed by atoms with Crippen LogP contribution in [0.1, 0.15) is 38.2 Å². The standard InChI is InChI=1S/C20H21FN2O2S/c1-14-2-7-18(8-3-14)23-26(24,25)19-9-4-15(5-10-19)20-11-6-17(21)12-16(20)13-22/h4-6,9-12,14,18,23H,2-3,7-8H2,1H3. The first kappa shape index (κ1) is 18.6. The van der Waals surface area contributed by atoms with E-state index < -0.39 is 15.8 Å². The summed E-state index contributed by atoms with van der Waals surface area (Å²) in [6, 6.07) is 12.3. The number of rotatable bonds is 4. The van der Waals surface area contributed by atoms with E-state index in [9.17, 15) is 12.8 Å². The van der Waals surface area contributed by atoms with Gasteiger partial charge in [-0.2, -0.15) is 5.26 Å². The fourth-order valence-electron chi connectivity index (χ4n) is 3.34. The Labute approximate surface area is 153 Å². The van der Waals surface area contributed by atoms with E-state index in [1.54, 1.807) is 12.1 Å². The number of benzene rings is 2. The predicted octanol–water partition coefficient (Wildman–Crippen LogP) is 4.22. The van der Waals surface area contributed by atoms with Crippen LogP contribution >= 0.6 is 0 Å². The molecule has 6 heteroatoms. The smallest absolute Gasteiger partial charge is 0.208 e. The van der Waals surface area contributed by atoms with Gasteiger partial charge in [0.15, 0.2) is 0 Å². The molecule has 0 aliphatic heterocycles. The third kappa shape index (κ3) is 4.12. The predicted molar refractivity (Wildman–Crippen MR) is 98.3 cm³/mol. The highest BCUT2D eigenvalue weighted by molar-refractivity contribution is 7.89. The zero-order valence-electron chi connectivity index (χ0n) is 14.6. The second kappa shape index (κ2) is 7.56. The molecule has 2 aromatic carbocycles. The summed E-state index contributed by atoms with van der Waals surface area (Å²) >= 11 is 0. The Hall–Kier alpha value is -2.23. The van der Waals surface area contributed by atoms with E-state index in [2.05, 4.69) is 11.6 Å². The molecule has 0 atom stereocenters. The summed E-state index contributed by atoms with van der Waals surface area (Å²) in [6.07, 6.45) is 3.79. The summed E-state index contributed by atoms with van der Waals surface area (Å²) in [5, 5.41) is 9.17. The lowest BCUT2D eigenvalue weighted by Crippen LogP contribution is -2.37. The molecule has 26 heavy (non-hydrogen) atoms. The van der Waals surface area contributed by atoms with Gasteiger partial charge in [-0.25, -0.2) is 17.5 Å². The van der Waals surface area contributed by atoms with Gasteiger partial charge in [0, 0.05) is 6.04 Å². The summed E-state index contributed by atoms with van der Waals surface area (Å²) in [6.45, 7) is 2.19. The quantitative estimate of drug-likeness (QED) is 0.873. The van der Waals surface area contributed by atoms with Crippen LogP contribution in [0.2, 0.25) is 0 Å². The van der Waals surface area contributed by atoms with E-state index in [1.807, 2.05) is 6.07 Å². The van der Waals surface area contributed by atoms with Gasteiger partial charge in [0.05, 0.1) is 16.5 Å². The third-order valence-corrected chi connectivity index (χ3v) is 6.45. The summed E-state index contributed by atoms with van der Waals surface area (Å²) in [7, 11) is -3.57. The maximum atomic E-state index is 13.3. The van der Waals surface area contributed by atoms with Gasteiger partial charge in [-0.1, -0.05) is 25.1 Å². The number of sulfonamides is 1. The van der Waals surface area contributed by atoms with E-state index in [-0.39, 0.29) is 16.5 Å². The molecule has 0 amide bonds. The van der Waals surface area contributed by atoms with Crippen molar-refractivity contribution in [3.63, 3.8) is 0 Å². The molecule has 1 N–H and O–H groups in total. The average Bonchev–Trinajstić information content (AvgIpc) is 2.63. The van der Waals surface area contributed by atoms with Crippen LogP contribution in [0, 0.1) is 23.1 Å². The molecular formula is C20H21FN2O2S. The molecule has 0 bridgehead atoms. The van der Waals surface area contributed by atoms with Gasteiger partial charge in [-0.15, -0.1) is 0 Å². The molecular weight excluding hydrogens is 351 g/mol. The van der Waals surface area contributed by atoms with Crippen molar-refractivity contribution in [3.05, 3.63) is 53.8 Å². The Morgan fingerprint density at radius 2 is 1.73 bits per heavy atom. The van der Waals surface area contributed by atoms with Crippen molar-refractivity contribution in [3.8, 4) is 17.2 Å². The Bertz CT molecular complexity index is 925. The Balaban J connectivity index is 1.80. The Morgan fingerprint density at radius 1 is 1.08 bits per heavy atom. The molecule has 2 aromatic rings. The van der Waals surface area contributed by atoms with Crippen molar-refractivity contribution in [1.29, 1.82) is 5.26 Å². The van der Waals surface area contributed by atoms with Crippen molar-refractivity contribution in [2.24, 2.45) is 5.92 Å². The van der Waals surface area contributed by atoms with Crippen molar-refractivity contribution in [1.82, 2.24) is 4.72 Å². The molecule has 4 nitrogen and oxygen atoms in total. The van der Waals surface area contributed by atoms with Crippen LogP contribution in [-0.4, -0.2) is 14.5 Å². The minimum absolute atomic E-state index is 0.0156. The van der Waals surface area contributed by atoms with Crippen molar-refractivity contribution in [2.45, 2.75) is 43.5 Å².